The van der Waals surface area contributed by atoms with Crippen molar-refractivity contribution in [2.45, 2.75) is 74.7 Å². The Morgan fingerprint density at radius 1 is 1.07 bits per heavy atom. The molecule has 3 aromatic carbocycles. The number of likely N-dealkylation sites (N-methyl/N-ethyl adjacent to an activating group) is 1. The first kappa shape index (κ1) is 29.6. The van der Waals surface area contributed by atoms with Crippen LogP contribution in [0.4, 0.5) is 0 Å². The number of esters is 1. The van der Waals surface area contributed by atoms with Gasteiger partial charge in [-0.2, -0.15) is 0 Å². The maximum Gasteiger partial charge on any atom is 0.308 e. The van der Waals surface area contributed by atoms with E-state index in [1.165, 1.54) is 12.5 Å². The lowest BCUT2D eigenvalue weighted by Crippen LogP contribution is -2.78. The third kappa shape index (κ3) is 4.54. The van der Waals surface area contributed by atoms with E-state index in [0.29, 0.717) is 47.2 Å². The Morgan fingerprint density at radius 2 is 1.86 bits per heavy atom. The van der Waals surface area contributed by atoms with Crippen molar-refractivity contribution >= 4 is 35.1 Å². The molecule has 2 heterocycles. The number of aliphatic hydroxyl groups is 1. The number of piperidine rings is 1. The number of hydrogen-bond donors (Lipinski definition) is 1. The average molecular weight is 636 g/mol. The second-order valence-electron chi connectivity index (χ2n) is 12.7. The van der Waals surface area contributed by atoms with Gasteiger partial charge >= 0.3 is 5.97 Å². The lowest BCUT2D eigenvalue weighted by Gasteiger charge is -2.64. The Bertz CT molecular complexity index is 1630. The van der Waals surface area contributed by atoms with E-state index < -0.39 is 23.1 Å². The van der Waals surface area contributed by atoms with Gasteiger partial charge in [-0.25, -0.2) is 0 Å². The molecule has 2 fully saturated rings. The van der Waals surface area contributed by atoms with Gasteiger partial charge in [0.1, 0.15) is 6.10 Å². The summed E-state index contributed by atoms with van der Waals surface area (Å²) < 4.78 is 12.5. The van der Waals surface area contributed by atoms with E-state index in [2.05, 4.69) is 29.2 Å². The monoisotopic (exact) mass is 634 g/mol. The smallest absolute Gasteiger partial charge is 0.308 e. The van der Waals surface area contributed by atoms with E-state index >= 15 is 0 Å². The van der Waals surface area contributed by atoms with Crippen LogP contribution in [-0.4, -0.2) is 70.7 Å². The summed E-state index contributed by atoms with van der Waals surface area (Å²) in [6.07, 6.45) is 3.05. The van der Waals surface area contributed by atoms with Crippen molar-refractivity contribution in [2.24, 2.45) is 0 Å². The van der Waals surface area contributed by atoms with Crippen molar-refractivity contribution in [1.82, 2.24) is 9.80 Å². The Morgan fingerprint density at radius 3 is 2.61 bits per heavy atom. The molecule has 3 aromatic rings. The summed E-state index contributed by atoms with van der Waals surface area (Å²) in [5.74, 6) is 0.413. The first-order chi connectivity index (χ1) is 21.1. The number of likely N-dealkylation sites (tertiary alicyclic amines) is 1. The number of carbonyl (C=O) groups is 2. The number of benzene rings is 3. The van der Waals surface area contributed by atoms with Gasteiger partial charge in [-0.05, 0) is 73.5 Å². The number of carbonyl (C=O) groups excluding carboxylic acids is 2. The van der Waals surface area contributed by atoms with Crippen LogP contribution in [0.15, 0.2) is 60.7 Å². The SMILES string of the molecule is CC(=O)Oc1ccc2c3c1OC1C(N(C)C(=O)Cc4ccc(Cl)c(Cl)c4)CC[C@@]4(O)[C@@H](C2)N(CCc2ccccc2)CC[C@]314. The van der Waals surface area contributed by atoms with Gasteiger partial charge in [-0.1, -0.05) is 65.7 Å². The second-order valence-corrected chi connectivity index (χ2v) is 13.5. The van der Waals surface area contributed by atoms with Gasteiger partial charge in [0.05, 0.1) is 33.5 Å². The van der Waals surface area contributed by atoms with Crippen LogP contribution in [-0.2, 0) is 34.3 Å². The van der Waals surface area contributed by atoms with E-state index in [9.17, 15) is 14.7 Å². The van der Waals surface area contributed by atoms with Crippen LogP contribution in [0.5, 0.6) is 11.5 Å². The zero-order valence-electron chi connectivity index (χ0n) is 24.9. The van der Waals surface area contributed by atoms with E-state index in [0.717, 1.165) is 36.2 Å². The first-order valence-corrected chi connectivity index (χ1v) is 16.1. The molecule has 1 spiro atoms. The minimum absolute atomic E-state index is 0.0668. The molecule has 0 aromatic heterocycles. The van der Waals surface area contributed by atoms with Crippen molar-refractivity contribution in [3.63, 3.8) is 0 Å². The quantitative estimate of drug-likeness (QED) is 0.278. The number of amides is 1. The molecule has 1 saturated heterocycles. The fourth-order valence-corrected chi connectivity index (χ4v) is 8.87. The number of rotatable bonds is 7. The van der Waals surface area contributed by atoms with Crippen molar-refractivity contribution in [3.05, 3.63) is 93.0 Å². The molecule has 2 aliphatic heterocycles. The van der Waals surface area contributed by atoms with Gasteiger partial charge in [-0.15, -0.1) is 0 Å². The van der Waals surface area contributed by atoms with Crippen LogP contribution in [0.2, 0.25) is 10.0 Å². The summed E-state index contributed by atoms with van der Waals surface area (Å²) >= 11 is 12.3. The van der Waals surface area contributed by atoms with E-state index in [1.54, 1.807) is 17.0 Å². The minimum atomic E-state index is -1.07. The lowest BCUT2D eigenvalue weighted by atomic mass is 9.48. The van der Waals surface area contributed by atoms with Gasteiger partial charge in [0.15, 0.2) is 11.5 Å². The van der Waals surface area contributed by atoms with Gasteiger partial charge in [-0.3, -0.25) is 14.5 Å². The molecule has 4 aliphatic rings. The molecule has 7 rings (SSSR count). The summed E-state index contributed by atoms with van der Waals surface area (Å²) in [4.78, 5) is 30.0. The minimum Gasteiger partial charge on any atom is -0.483 e. The molecule has 1 amide bonds. The van der Waals surface area contributed by atoms with Crippen LogP contribution in [0.25, 0.3) is 0 Å². The second kappa shape index (κ2) is 11.1. The van der Waals surface area contributed by atoms with Gasteiger partial charge in [0.25, 0.3) is 0 Å². The Hall–Kier alpha value is -3.10. The molecule has 1 N–H and O–H groups in total. The molecule has 2 unspecified atom stereocenters. The summed E-state index contributed by atoms with van der Waals surface area (Å²) in [7, 11) is 1.82. The number of hydrogen-bond acceptors (Lipinski definition) is 6. The van der Waals surface area contributed by atoms with Crippen LogP contribution in [0.3, 0.4) is 0 Å². The molecule has 2 aliphatic carbocycles. The standard InChI is InChI=1S/C35H36Cl2N2O5/c1-21(40)43-28-11-9-24-20-29-35(42)14-12-27(38(2)30(41)19-23-8-10-25(36)26(37)18-23)33-34(35,31(24)32(28)44-33)15-17-39(29)16-13-22-6-4-3-5-7-22/h3-11,18,27,29,33,42H,12-17,19-20H2,1-2H3/t27?,29-,33?,34+,35-/m1/s1. The van der Waals surface area contributed by atoms with Crippen LogP contribution in [0, 0.1) is 0 Å². The van der Waals surface area contributed by atoms with Crippen molar-refractivity contribution in [3.8, 4) is 11.5 Å². The maximum atomic E-state index is 13.7. The molecule has 1 saturated carbocycles. The molecule has 7 nitrogen and oxygen atoms in total. The van der Waals surface area contributed by atoms with Crippen LogP contribution < -0.4 is 9.47 Å². The van der Waals surface area contributed by atoms with E-state index in [-0.39, 0.29) is 24.4 Å². The molecule has 230 valence electrons. The summed E-state index contributed by atoms with van der Waals surface area (Å²) in [5, 5.41) is 13.8. The summed E-state index contributed by atoms with van der Waals surface area (Å²) in [6.45, 7) is 3.02. The largest absolute Gasteiger partial charge is 0.483 e. The highest BCUT2D eigenvalue weighted by Crippen LogP contribution is 2.66. The Labute approximate surface area is 267 Å². The number of nitrogens with zero attached hydrogens (tertiary/aromatic N) is 2. The molecule has 2 bridgehead atoms. The third-order valence-electron chi connectivity index (χ3n) is 10.5. The topological polar surface area (TPSA) is 79.3 Å². The van der Waals surface area contributed by atoms with Crippen LogP contribution in [0.1, 0.15) is 48.4 Å². The maximum absolute atomic E-state index is 13.7. The predicted molar refractivity (Wildman–Crippen MR) is 169 cm³/mol. The molecular weight excluding hydrogens is 599 g/mol. The highest BCUT2D eigenvalue weighted by atomic mass is 35.5. The normalized spacial score (nSPS) is 28.2. The van der Waals surface area contributed by atoms with E-state index in [4.69, 9.17) is 32.7 Å². The number of halogens is 2. The van der Waals surface area contributed by atoms with Crippen molar-refractivity contribution < 1.29 is 24.2 Å². The van der Waals surface area contributed by atoms with Crippen molar-refractivity contribution in [1.29, 1.82) is 0 Å². The molecule has 5 atom stereocenters. The zero-order chi connectivity index (χ0) is 30.8. The van der Waals surface area contributed by atoms with Gasteiger partial charge in [0, 0.05) is 32.1 Å². The van der Waals surface area contributed by atoms with Crippen molar-refractivity contribution in [2.75, 3.05) is 20.1 Å². The first-order valence-electron chi connectivity index (χ1n) is 15.3. The highest BCUT2D eigenvalue weighted by molar-refractivity contribution is 6.42. The van der Waals surface area contributed by atoms with Crippen LogP contribution >= 0.6 is 23.2 Å². The average Bonchev–Trinajstić information content (AvgIpc) is 3.35. The van der Waals surface area contributed by atoms with E-state index in [1.807, 2.05) is 31.3 Å². The molecular formula is C35H36Cl2N2O5. The third-order valence-corrected chi connectivity index (χ3v) is 11.3. The predicted octanol–water partition coefficient (Wildman–Crippen LogP) is 5.39. The summed E-state index contributed by atoms with van der Waals surface area (Å²) in [6, 6.07) is 19.2. The Kier molecular flexibility index (Phi) is 7.44. The summed E-state index contributed by atoms with van der Waals surface area (Å²) in [5.41, 5.74) is 2.32. The number of ether oxygens (including phenoxy) is 2. The molecule has 0 radical (unpaired) electrons. The molecule has 44 heavy (non-hydrogen) atoms. The Balaban J connectivity index is 1.24. The molecule has 9 heteroatoms. The lowest BCUT2D eigenvalue weighted by molar-refractivity contribution is -0.200. The fraction of sp³-hybridized carbons (Fsp3) is 0.429. The zero-order valence-corrected chi connectivity index (χ0v) is 26.4. The van der Waals surface area contributed by atoms with Gasteiger partial charge in [0.2, 0.25) is 5.91 Å². The highest BCUT2D eigenvalue weighted by Gasteiger charge is 2.73. The van der Waals surface area contributed by atoms with Gasteiger partial charge < -0.3 is 19.5 Å². The fourth-order valence-electron chi connectivity index (χ4n) is 8.55.